The van der Waals surface area contributed by atoms with Crippen LogP contribution in [0.4, 0.5) is 0 Å². The molecule has 3 rings (SSSR count). The van der Waals surface area contributed by atoms with Crippen LogP contribution in [0.3, 0.4) is 0 Å². The van der Waals surface area contributed by atoms with Gasteiger partial charge in [-0.05, 0) is 30.4 Å². The summed E-state index contributed by atoms with van der Waals surface area (Å²) in [6.07, 6.45) is 7.45. The Kier molecular flexibility index (Phi) is 6.47. The fourth-order valence-corrected chi connectivity index (χ4v) is 4.96. The zero-order valence-corrected chi connectivity index (χ0v) is 16.2. The highest BCUT2D eigenvalue weighted by atomic mass is 32.1. The molecule has 0 unspecified atom stereocenters. The number of hydrogen-bond acceptors (Lipinski definition) is 1. The Balaban J connectivity index is 2.15. The first-order chi connectivity index (χ1) is 12.3. The molecule has 0 aliphatic heterocycles. The summed E-state index contributed by atoms with van der Waals surface area (Å²) < 4.78 is 0. The highest BCUT2D eigenvalue weighted by molar-refractivity contribution is 7.13. The zero-order chi connectivity index (χ0) is 17.5. The van der Waals surface area contributed by atoms with Crippen molar-refractivity contribution in [2.24, 2.45) is 0 Å². The van der Waals surface area contributed by atoms with Gasteiger partial charge in [-0.15, -0.1) is 11.3 Å². The second-order valence-electron chi connectivity index (χ2n) is 6.64. The topological polar surface area (TPSA) is 0 Å². The molecule has 0 spiro atoms. The standard InChI is InChI=1S/C24H28S/c1-3-5-8-18-22-24(20-16-11-7-12-17-20)23(21(25-22)13-4-2)19-14-9-6-10-15-19/h6-7,9-12,14-17H,3-5,8,13,18H2,1-2H3. The Morgan fingerprint density at radius 1 is 0.600 bits per heavy atom. The molecule has 3 aromatic rings. The third-order valence-electron chi connectivity index (χ3n) is 4.66. The molecule has 0 fully saturated rings. The fraction of sp³-hybridized carbons (Fsp3) is 0.333. The minimum Gasteiger partial charge on any atom is -0.144 e. The predicted octanol–water partition coefficient (Wildman–Crippen LogP) is 7.77. The minimum atomic E-state index is 1.17. The van der Waals surface area contributed by atoms with Gasteiger partial charge in [-0.1, -0.05) is 93.8 Å². The molecule has 130 valence electrons. The Morgan fingerprint density at radius 3 is 1.60 bits per heavy atom. The molecular formula is C24H28S. The molecule has 0 radical (unpaired) electrons. The summed E-state index contributed by atoms with van der Waals surface area (Å²) in [6, 6.07) is 22.0. The third-order valence-corrected chi connectivity index (χ3v) is 5.97. The van der Waals surface area contributed by atoms with Gasteiger partial charge >= 0.3 is 0 Å². The van der Waals surface area contributed by atoms with Crippen LogP contribution in [-0.2, 0) is 12.8 Å². The van der Waals surface area contributed by atoms with E-state index in [0.29, 0.717) is 0 Å². The lowest BCUT2D eigenvalue weighted by atomic mass is 9.92. The van der Waals surface area contributed by atoms with Crippen LogP contribution in [0, 0.1) is 0 Å². The molecule has 0 atom stereocenters. The van der Waals surface area contributed by atoms with Crippen molar-refractivity contribution < 1.29 is 0 Å². The van der Waals surface area contributed by atoms with E-state index in [-0.39, 0.29) is 0 Å². The zero-order valence-electron chi connectivity index (χ0n) is 15.4. The second-order valence-corrected chi connectivity index (χ2v) is 7.83. The molecule has 0 saturated heterocycles. The molecule has 0 bridgehead atoms. The first-order valence-electron chi connectivity index (χ1n) is 9.60. The Bertz CT molecular complexity index is 769. The van der Waals surface area contributed by atoms with Crippen LogP contribution < -0.4 is 0 Å². The molecule has 0 amide bonds. The minimum absolute atomic E-state index is 1.17. The van der Waals surface area contributed by atoms with E-state index < -0.39 is 0 Å². The Morgan fingerprint density at radius 2 is 1.12 bits per heavy atom. The number of aryl methyl sites for hydroxylation is 2. The molecule has 1 heterocycles. The van der Waals surface area contributed by atoms with Gasteiger partial charge in [0.1, 0.15) is 0 Å². The molecule has 1 aromatic heterocycles. The first-order valence-corrected chi connectivity index (χ1v) is 10.4. The normalized spacial score (nSPS) is 11.0. The van der Waals surface area contributed by atoms with E-state index in [0.717, 1.165) is 0 Å². The van der Waals surface area contributed by atoms with E-state index in [1.54, 1.807) is 9.75 Å². The highest BCUT2D eigenvalue weighted by Crippen LogP contribution is 2.44. The smallest absolute Gasteiger partial charge is 0.0133 e. The van der Waals surface area contributed by atoms with Crippen LogP contribution in [0.2, 0.25) is 0 Å². The van der Waals surface area contributed by atoms with Crippen molar-refractivity contribution in [2.45, 2.75) is 52.4 Å². The second kappa shape index (κ2) is 9.01. The maximum Gasteiger partial charge on any atom is 0.0133 e. The molecule has 25 heavy (non-hydrogen) atoms. The summed E-state index contributed by atoms with van der Waals surface area (Å²) in [5.74, 6) is 0. The van der Waals surface area contributed by atoms with Crippen LogP contribution >= 0.6 is 11.3 Å². The number of rotatable bonds is 8. The number of thiophene rings is 1. The van der Waals surface area contributed by atoms with Crippen LogP contribution in [-0.4, -0.2) is 0 Å². The van der Waals surface area contributed by atoms with Crippen LogP contribution in [0.15, 0.2) is 60.7 Å². The van der Waals surface area contributed by atoms with Gasteiger partial charge in [-0.2, -0.15) is 0 Å². The molecule has 0 aliphatic rings. The quantitative estimate of drug-likeness (QED) is 0.365. The molecule has 0 saturated carbocycles. The average molecular weight is 349 g/mol. The maximum atomic E-state index is 2.29. The molecular weight excluding hydrogens is 320 g/mol. The van der Waals surface area contributed by atoms with E-state index in [1.165, 1.54) is 60.8 Å². The molecule has 1 heteroatoms. The Hall–Kier alpha value is -1.86. The summed E-state index contributed by atoms with van der Waals surface area (Å²) in [6.45, 7) is 4.57. The van der Waals surface area contributed by atoms with Gasteiger partial charge in [0.05, 0.1) is 0 Å². The van der Waals surface area contributed by atoms with Crippen LogP contribution in [0.5, 0.6) is 0 Å². The lowest BCUT2D eigenvalue weighted by molar-refractivity contribution is 0.723. The van der Waals surface area contributed by atoms with Crippen molar-refractivity contribution in [3.8, 4) is 22.3 Å². The van der Waals surface area contributed by atoms with Crippen LogP contribution in [0.25, 0.3) is 22.3 Å². The predicted molar refractivity (Wildman–Crippen MR) is 112 cm³/mol. The number of unbranched alkanes of at least 4 members (excludes halogenated alkanes) is 2. The average Bonchev–Trinajstić information content (AvgIpc) is 3.02. The van der Waals surface area contributed by atoms with E-state index in [4.69, 9.17) is 0 Å². The lowest BCUT2D eigenvalue weighted by Gasteiger charge is -2.10. The van der Waals surface area contributed by atoms with Gasteiger partial charge in [-0.3, -0.25) is 0 Å². The first kappa shape index (κ1) is 17.9. The highest BCUT2D eigenvalue weighted by Gasteiger charge is 2.20. The summed E-state index contributed by atoms with van der Waals surface area (Å²) in [7, 11) is 0. The van der Waals surface area contributed by atoms with E-state index >= 15 is 0 Å². The van der Waals surface area contributed by atoms with E-state index in [1.807, 2.05) is 0 Å². The molecule has 0 aliphatic carbocycles. The summed E-state index contributed by atoms with van der Waals surface area (Å²) >= 11 is 2.05. The van der Waals surface area contributed by atoms with Crippen molar-refractivity contribution in [1.82, 2.24) is 0 Å². The van der Waals surface area contributed by atoms with Gasteiger partial charge in [0, 0.05) is 20.9 Å². The van der Waals surface area contributed by atoms with Crippen molar-refractivity contribution in [3.63, 3.8) is 0 Å². The van der Waals surface area contributed by atoms with Crippen molar-refractivity contribution in [1.29, 1.82) is 0 Å². The lowest BCUT2D eigenvalue weighted by Crippen LogP contribution is -1.89. The largest absolute Gasteiger partial charge is 0.144 e. The molecule has 0 N–H and O–H groups in total. The van der Waals surface area contributed by atoms with E-state index in [2.05, 4.69) is 85.8 Å². The summed E-state index contributed by atoms with van der Waals surface area (Å²) in [5.41, 5.74) is 5.69. The van der Waals surface area contributed by atoms with Gasteiger partial charge in [0.15, 0.2) is 0 Å². The van der Waals surface area contributed by atoms with Gasteiger partial charge < -0.3 is 0 Å². The summed E-state index contributed by atoms with van der Waals surface area (Å²) in [5, 5.41) is 0. The Labute approximate surface area is 156 Å². The van der Waals surface area contributed by atoms with Gasteiger partial charge in [-0.25, -0.2) is 0 Å². The number of benzene rings is 2. The summed E-state index contributed by atoms with van der Waals surface area (Å²) in [4.78, 5) is 3.13. The van der Waals surface area contributed by atoms with Crippen molar-refractivity contribution in [3.05, 3.63) is 70.4 Å². The number of hydrogen-bond donors (Lipinski definition) is 0. The SMILES string of the molecule is CCCCCc1sc(CCC)c(-c2ccccc2)c1-c1ccccc1. The fourth-order valence-electron chi connectivity index (χ4n) is 3.46. The monoisotopic (exact) mass is 348 g/mol. The van der Waals surface area contributed by atoms with Gasteiger partial charge in [0.2, 0.25) is 0 Å². The molecule has 0 nitrogen and oxygen atoms in total. The van der Waals surface area contributed by atoms with Crippen molar-refractivity contribution in [2.75, 3.05) is 0 Å². The van der Waals surface area contributed by atoms with Crippen molar-refractivity contribution >= 4 is 11.3 Å². The molecule has 2 aromatic carbocycles. The third kappa shape index (κ3) is 4.22. The van der Waals surface area contributed by atoms with E-state index in [9.17, 15) is 0 Å². The van der Waals surface area contributed by atoms with Crippen LogP contribution in [0.1, 0.15) is 49.3 Å². The maximum absolute atomic E-state index is 2.29. The van der Waals surface area contributed by atoms with Gasteiger partial charge in [0.25, 0.3) is 0 Å².